The maximum absolute atomic E-state index is 11.8. The van der Waals surface area contributed by atoms with Crippen LogP contribution in [-0.2, 0) is 0 Å². The van der Waals surface area contributed by atoms with Gasteiger partial charge in [0.25, 0.3) is 5.91 Å². The van der Waals surface area contributed by atoms with Crippen molar-refractivity contribution in [1.29, 1.82) is 0 Å². The molecule has 0 aliphatic carbocycles. The highest BCUT2D eigenvalue weighted by atomic mass is 32.1. The highest BCUT2D eigenvalue weighted by Crippen LogP contribution is 2.14. The van der Waals surface area contributed by atoms with Gasteiger partial charge in [-0.15, -0.1) is 0 Å². The molecular formula is C15H15N3O3S. The third-order valence-electron chi connectivity index (χ3n) is 2.75. The molecule has 22 heavy (non-hydrogen) atoms. The predicted molar refractivity (Wildman–Crippen MR) is 87.9 cm³/mol. The van der Waals surface area contributed by atoms with Crippen LogP contribution in [-0.4, -0.2) is 23.2 Å². The second kappa shape index (κ2) is 7.28. The van der Waals surface area contributed by atoms with Gasteiger partial charge in [-0.3, -0.25) is 15.6 Å². The Kier molecular flexibility index (Phi) is 5.16. The number of carbonyl (C=O) groups is 1. The van der Waals surface area contributed by atoms with E-state index in [1.807, 2.05) is 0 Å². The summed E-state index contributed by atoms with van der Waals surface area (Å²) in [6, 6.07) is 13.2. The van der Waals surface area contributed by atoms with Crippen molar-refractivity contribution in [1.82, 2.24) is 10.9 Å². The Hall–Kier alpha value is -2.80. The molecule has 1 amide bonds. The van der Waals surface area contributed by atoms with Crippen molar-refractivity contribution in [3.8, 4) is 11.5 Å². The Bertz CT molecular complexity index is 674. The molecular weight excluding hydrogens is 302 g/mol. The third kappa shape index (κ3) is 4.35. The molecule has 0 atom stereocenters. The second-order valence-corrected chi connectivity index (χ2v) is 4.72. The van der Waals surface area contributed by atoms with Gasteiger partial charge in [-0.2, -0.15) is 0 Å². The van der Waals surface area contributed by atoms with E-state index in [-0.39, 0.29) is 10.9 Å². The van der Waals surface area contributed by atoms with E-state index in [4.69, 9.17) is 17.0 Å². The van der Waals surface area contributed by atoms with Crippen molar-refractivity contribution >= 4 is 28.9 Å². The zero-order valence-corrected chi connectivity index (χ0v) is 12.6. The van der Waals surface area contributed by atoms with Gasteiger partial charge < -0.3 is 15.2 Å². The monoisotopic (exact) mass is 317 g/mol. The van der Waals surface area contributed by atoms with Gasteiger partial charge in [0.05, 0.1) is 7.11 Å². The number of hydrazine groups is 1. The second-order valence-electron chi connectivity index (χ2n) is 4.31. The zero-order chi connectivity index (χ0) is 15.9. The first-order valence-electron chi connectivity index (χ1n) is 6.39. The van der Waals surface area contributed by atoms with Crippen LogP contribution in [0.15, 0.2) is 48.5 Å². The molecule has 0 saturated heterocycles. The number of hydrogen-bond acceptors (Lipinski definition) is 4. The number of benzene rings is 2. The van der Waals surface area contributed by atoms with Crippen LogP contribution in [0.1, 0.15) is 10.4 Å². The first kappa shape index (κ1) is 15.6. The van der Waals surface area contributed by atoms with Gasteiger partial charge in [-0.1, -0.05) is 6.07 Å². The maximum atomic E-state index is 11.8. The summed E-state index contributed by atoms with van der Waals surface area (Å²) in [5, 5.41) is 12.5. The van der Waals surface area contributed by atoms with Crippen LogP contribution in [0.4, 0.5) is 5.69 Å². The van der Waals surface area contributed by atoms with E-state index in [9.17, 15) is 9.90 Å². The van der Waals surface area contributed by atoms with Crippen LogP contribution >= 0.6 is 12.2 Å². The average molecular weight is 317 g/mol. The number of aromatic hydroxyl groups is 1. The quantitative estimate of drug-likeness (QED) is 0.512. The molecule has 2 aromatic rings. The van der Waals surface area contributed by atoms with Gasteiger partial charge in [0.1, 0.15) is 11.5 Å². The molecule has 0 aliphatic heterocycles. The number of phenolic OH excluding ortho intramolecular Hbond substituents is 1. The number of ether oxygens (including phenoxy) is 1. The summed E-state index contributed by atoms with van der Waals surface area (Å²) in [5.41, 5.74) is 6.10. The fraction of sp³-hybridized carbons (Fsp3) is 0.0667. The van der Waals surface area contributed by atoms with E-state index in [1.54, 1.807) is 43.5 Å². The van der Waals surface area contributed by atoms with Gasteiger partial charge in [-0.05, 0) is 54.7 Å². The number of thiocarbonyl (C=S) groups is 1. The van der Waals surface area contributed by atoms with Crippen molar-refractivity contribution in [2.45, 2.75) is 0 Å². The number of rotatable bonds is 3. The molecule has 0 unspecified atom stereocenters. The average Bonchev–Trinajstić information content (AvgIpc) is 2.53. The summed E-state index contributed by atoms with van der Waals surface area (Å²) in [6.45, 7) is 0. The number of amides is 1. The molecule has 2 aromatic carbocycles. The Morgan fingerprint density at radius 3 is 2.50 bits per heavy atom. The van der Waals surface area contributed by atoms with E-state index in [2.05, 4.69) is 16.2 Å². The van der Waals surface area contributed by atoms with Crippen molar-refractivity contribution in [2.24, 2.45) is 0 Å². The lowest BCUT2D eigenvalue weighted by Gasteiger charge is -2.12. The van der Waals surface area contributed by atoms with Crippen LogP contribution in [0.3, 0.4) is 0 Å². The number of carbonyl (C=O) groups excluding carboxylic acids is 1. The summed E-state index contributed by atoms with van der Waals surface area (Å²) in [6.07, 6.45) is 0. The molecule has 7 heteroatoms. The number of nitrogens with one attached hydrogen (secondary N) is 3. The van der Waals surface area contributed by atoms with Gasteiger partial charge in [0.2, 0.25) is 0 Å². The first-order chi connectivity index (χ1) is 10.6. The zero-order valence-electron chi connectivity index (χ0n) is 11.8. The molecule has 6 nitrogen and oxygen atoms in total. The van der Waals surface area contributed by atoms with Crippen LogP contribution in [0.5, 0.6) is 11.5 Å². The Balaban J connectivity index is 1.85. The van der Waals surface area contributed by atoms with Crippen molar-refractivity contribution < 1.29 is 14.6 Å². The van der Waals surface area contributed by atoms with E-state index < -0.39 is 5.91 Å². The van der Waals surface area contributed by atoms with Gasteiger partial charge in [0.15, 0.2) is 5.11 Å². The highest BCUT2D eigenvalue weighted by Gasteiger charge is 2.06. The Morgan fingerprint density at radius 2 is 1.86 bits per heavy atom. The Morgan fingerprint density at radius 1 is 1.14 bits per heavy atom. The molecule has 0 radical (unpaired) electrons. The minimum absolute atomic E-state index is 0.0200. The number of hydrogen-bond donors (Lipinski definition) is 4. The minimum Gasteiger partial charge on any atom is -0.508 e. The highest BCUT2D eigenvalue weighted by molar-refractivity contribution is 7.80. The molecule has 0 fully saturated rings. The number of methoxy groups -OCH3 is 1. The third-order valence-corrected chi connectivity index (χ3v) is 2.95. The van der Waals surface area contributed by atoms with Crippen LogP contribution in [0.2, 0.25) is 0 Å². The van der Waals surface area contributed by atoms with Crippen molar-refractivity contribution in [3.63, 3.8) is 0 Å². The molecule has 114 valence electrons. The molecule has 0 bridgehead atoms. The number of anilines is 1. The topological polar surface area (TPSA) is 82.6 Å². The van der Waals surface area contributed by atoms with Crippen molar-refractivity contribution in [2.75, 3.05) is 12.4 Å². The predicted octanol–water partition coefficient (Wildman–Crippen LogP) is 2.03. The summed E-state index contributed by atoms with van der Waals surface area (Å²) >= 11 is 5.07. The van der Waals surface area contributed by atoms with E-state index >= 15 is 0 Å². The van der Waals surface area contributed by atoms with E-state index in [0.29, 0.717) is 5.56 Å². The van der Waals surface area contributed by atoms with Crippen LogP contribution < -0.4 is 20.9 Å². The van der Waals surface area contributed by atoms with E-state index in [1.165, 1.54) is 12.1 Å². The Labute approximate surface area is 133 Å². The summed E-state index contributed by atoms with van der Waals surface area (Å²) in [4.78, 5) is 11.8. The summed E-state index contributed by atoms with van der Waals surface area (Å²) < 4.78 is 5.06. The normalized spacial score (nSPS) is 9.68. The summed E-state index contributed by atoms with van der Waals surface area (Å²) in [5.74, 6) is 0.350. The molecule has 0 saturated carbocycles. The molecule has 4 N–H and O–H groups in total. The van der Waals surface area contributed by atoms with Gasteiger partial charge >= 0.3 is 0 Å². The lowest BCUT2D eigenvalue weighted by atomic mass is 10.2. The first-order valence-corrected chi connectivity index (χ1v) is 6.80. The van der Waals surface area contributed by atoms with Gasteiger partial charge in [0, 0.05) is 11.3 Å². The molecule has 0 heterocycles. The van der Waals surface area contributed by atoms with Gasteiger partial charge in [-0.25, -0.2) is 0 Å². The van der Waals surface area contributed by atoms with Crippen LogP contribution in [0.25, 0.3) is 0 Å². The summed E-state index contributed by atoms with van der Waals surface area (Å²) in [7, 11) is 1.59. The van der Waals surface area contributed by atoms with E-state index in [0.717, 1.165) is 11.4 Å². The standard InChI is InChI=1S/C15H15N3O3S/c1-21-13-7-5-11(6-8-13)16-15(22)18-17-14(20)10-3-2-4-12(19)9-10/h2-9,19H,1H3,(H,17,20)(H2,16,18,22). The molecule has 0 spiro atoms. The molecule has 0 aromatic heterocycles. The minimum atomic E-state index is -0.408. The van der Waals surface area contributed by atoms with Crippen LogP contribution in [0, 0.1) is 0 Å². The molecule has 0 aliphatic rings. The largest absolute Gasteiger partial charge is 0.508 e. The maximum Gasteiger partial charge on any atom is 0.269 e. The molecule has 2 rings (SSSR count). The fourth-order valence-corrected chi connectivity index (χ4v) is 1.84. The lowest BCUT2D eigenvalue weighted by molar-refractivity contribution is 0.0944. The lowest BCUT2D eigenvalue weighted by Crippen LogP contribution is -2.43. The van der Waals surface area contributed by atoms with Crippen molar-refractivity contribution in [3.05, 3.63) is 54.1 Å². The number of phenols is 1. The smallest absolute Gasteiger partial charge is 0.269 e. The SMILES string of the molecule is COc1ccc(NC(=S)NNC(=O)c2cccc(O)c2)cc1. The fourth-order valence-electron chi connectivity index (χ4n) is 1.67.